The van der Waals surface area contributed by atoms with Gasteiger partial charge in [-0.25, -0.2) is 0 Å². The molecule has 0 aromatic heterocycles. The van der Waals surface area contributed by atoms with Crippen molar-refractivity contribution in [2.24, 2.45) is 0 Å². The van der Waals surface area contributed by atoms with Crippen molar-refractivity contribution >= 4 is 0 Å². The first-order valence-electron chi connectivity index (χ1n) is 1.77. The Kier molecular flexibility index (Phi) is 2.87. The van der Waals surface area contributed by atoms with Crippen molar-refractivity contribution in [1.29, 1.82) is 0 Å². The fraction of sp³-hybridized carbons (Fsp3) is 1.00. The molecular weight excluding hydrogens is 145 g/mol. The zero-order valence-electron chi connectivity index (χ0n) is 3.75. The molecule has 0 saturated carbocycles. The Balaban J connectivity index is 3.15. The molecule has 0 aliphatic heterocycles. The molecule has 0 saturated heterocycles. The molecule has 0 N–H and O–H groups in total. The summed E-state index contributed by atoms with van der Waals surface area (Å²) in [5, 5.41) is 0. The molecule has 0 radical (unpaired) electrons. The van der Waals surface area contributed by atoms with Crippen molar-refractivity contribution in [2.75, 3.05) is 6.61 Å². The summed E-state index contributed by atoms with van der Waals surface area (Å²) in [6, 6.07) is 0. The van der Waals surface area contributed by atoms with E-state index in [-0.39, 0.29) is 6.61 Å². The van der Waals surface area contributed by atoms with E-state index in [2.05, 4.69) is 3.32 Å². The molecule has 7 heavy (non-hydrogen) atoms. The van der Waals surface area contributed by atoms with Crippen LogP contribution in [0, 0.1) is 0 Å². The van der Waals surface area contributed by atoms with Gasteiger partial charge in [0.25, 0.3) is 0 Å². The maximum absolute atomic E-state index is 11.0. The zero-order valence-corrected chi connectivity index (χ0v) is 5.31. The van der Waals surface area contributed by atoms with Crippen molar-refractivity contribution in [3.8, 4) is 0 Å². The van der Waals surface area contributed by atoms with Gasteiger partial charge in [-0.3, -0.25) is 0 Å². The molecule has 0 aromatic rings. The zero-order chi connectivity index (χ0) is 5.91. The molecule has 5 heteroatoms. The minimum atomic E-state index is -6.08. The summed E-state index contributed by atoms with van der Waals surface area (Å²) in [7, 11) is 0. The van der Waals surface area contributed by atoms with Gasteiger partial charge in [0, 0.05) is 0 Å². The van der Waals surface area contributed by atoms with Crippen LogP contribution in [0.25, 0.3) is 0 Å². The van der Waals surface area contributed by atoms with E-state index in [1.807, 2.05) is 0 Å². The maximum atomic E-state index is 11.0. The second-order valence-corrected chi connectivity index (χ2v) is 2.72. The Morgan fingerprint density at radius 3 is 1.86 bits per heavy atom. The van der Waals surface area contributed by atoms with Gasteiger partial charge in [-0.05, 0) is 0 Å². The molecule has 44 valence electrons. The van der Waals surface area contributed by atoms with Crippen LogP contribution < -0.4 is 0 Å². The van der Waals surface area contributed by atoms with Gasteiger partial charge in [-0.15, -0.1) is 0 Å². The van der Waals surface area contributed by atoms with Crippen LogP contribution in [0.15, 0.2) is 0 Å². The quantitative estimate of drug-likeness (QED) is 0.544. The van der Waals surface area contributed by atoms with Crippen LogP contribution >= 0.6 is 0 Å². The molecule has 0 rings (SSSR count). The molecule has 0 aromatic carbocycles. The van der Waals surface area contributed by atoms with Gasteiger partial charge < -0.3 is 0 Å². The van der Waals surface area contributed by atoms with E-state index in [1.54, 1.807) is 0 Å². The predicted molar refractivity (Wildman–Crippen MR) is 15.0 cm³/mol. The first kappa shape index (κ1) is 7.46. The SMILES string of the molecule is CC[O][Ti]([F])([F])[F]. The predicted octanol–water partition coefficient (Wildman–Crippen LogP) is 1.75. The van der Waals surface area contributed by atoms with Crippen molar-refractivity contribution in [3.05, 3.63) is 0 Å². The fourth-order valence-electron chi connectivity index (χ4n) is 0.164. The number of hydrogen-bond donors (Lipinski definition) is 0. The Bertz CT molecular complexity index is 51.4. The monoisotopic (exact) mass is 150 g/mol. The fourth-order valence-corrected chi connectivity index (χ4v) is 0.675. The van der Waals surface area contributed by atoms with Crippen LogP contribution in [0.2, 0.25) is 0 Å². The first-order valence-corrected chi connectivity index (χ1v) is 4.17. The van der Waals surface area contributed by atoms with Crippen LogP contribution in [0.4, 0.5) is 9.28 Å². The topological polar surface area (TPSA) is 9.23 Å². The van der Waals surface area contributed by atoms with Crippen LogP contribution in [0.3, 0.4) is 0 Å². The van der Waals surface area contributed by atoms with Crippen LogP contribution in [-0.4, -0.2) is 6.61 Å². The third-order valence-electron chi connectivity index (χ3n) is 0.308. The van der Waals surface area contributed by atoms with E-state index in [1.165, 1.54) is 6.92 Å². The van der Waals surface area contributed by atoms with Gasteiger partial charge >= 0.3 is 44.7 Å². The molecule has 0 aliphatic rings. The van der Waals surface area contributed by atoms with Crippen LogP contribution in [0.1, 0.15) is 6.92 Å². The number of hydrogen-bond acceptors (Lipinski definition) is 1. The second kappa shape index (κ2) is 2.69. The second-order valence-electron chi connectivity index (χ2n) is 0.879. The van der Waals surface area contributed by atoms with Crippen molar-refractivity contribution in [2.45, 2.75) is 6.92 Å². The van der Waals surface area contributed by atoms with E-state index >= 15 is 0 Å². The Hall–Kier alpha value is 0.464. The normalized spacial score (nSPS) is 12.0. The molecule has 0 heterocycles. The Morgan fingerprint density at radius 1 is 1.43 bits per heavy atom. The summed E-state index contributed by atoms with van der Waals surface area (Å²) in [6.07, 6.45) is 0. The van der Waals surface area contributed by atoms with Crippen LogP contribution in [-0.2, 0) is 21.9 Å². The van der Waals surface area contributed by atoms with Gasteiger partial charge in [0.2, 0.25) is 0 Å². The van der Waals surface area contributed by atoms with Crippen LogP contribution in [0.5, 0.6) is 0 Å². The van der Waals surface area contributed by atoms with E-state index in [4.69, 9.17) is 0 Å². The average Bonchev–Trinajstić information content (AvgIpc) is 1.30. The van der Waals surface area contributed by atoms with Crippen molar-refractivity contribution < 1.29 is 31.2 Å². The molecule has 1 nitrogen and oxygen atoms in total. The molecule has 0 bridgehead atoms. The average molecular weight is 150 g/mol. The van der Waals surface area contributed by atoms with E-state index in [0.29, 0.717) is 0 Å². The molecule has 0 atom stereocenters. The standard InChI is InChI=1S/C2H5O.3FH.Ti/c1-2-3;;;;/h2H2,1H3;3*1H;/q-1;;;;+4/p-3. The van der Waals surface area contributed by atoms with Gasteiger partial charge in [-0.2, -0.15) is 0 Å². The Labute approximate surface area is 45.3 Å². The van der Waals surface area contributed by atoms with Gasteiger partial charge in [0.05, 0.1) is 0 Å². The number of rotatable bonds is 2. The van der Waals surface area contributed by atoms with E-state index in [0.717, 1.165) is 0 Å². The van der Waals surface area contributed by atoms with Gasteiger partial charge in [-0.1, -0.05) is 0 Å². The minimum absolute atomic E-state index is 0.233. The third kappa shape index (κ3) is 6.46. The summed E-state index contributed by atoms with van der Waals surface area (Å²) in [5.41, 5.74) is 0. The molecular formula is C2H5F3OTi. The summed E-state index contributed by atoms with van der Waals surface area (Å²) in [5.74, 6) is 0. The van der Waals surface area contributed by atoms with E-state index < -0.39 is 18.6 Å². The van der Waals surface area contributed by atoms with Gasteiger partial charge in [0.15, 0.2) is 0 Å². The Morgan fingerprint density at radius 2 is 1.86 bits per heavy atom. The van der Waals surface area contributed by atoms with Crippen molar-refractivity contribution in [3.63, 3.8) is 0 Å². The summed E-state index contributed by atoms with van der Waals surface area (Å²) in [6.45, 7) is 1.10. The van der Waals surface area contributed by atoms with Gasteiger partial charge in [0.1, 0.15) is 0 Å². The van der Waals surface area contributed by atoms with Crippen molar-refractivity contribution in [1.82, 2.24) is 0 Å². The third-order valence-corrected chi connectivity index (χ3v) is 1.27. The summed E-state index contributed by atoms with van der Waals surface area (Å²) >= 11 is -6.08. The summed E-state index contributed by atoms with van der Waals surface area (Å²) < 4.78 is 36.5. The summed E-state index contributed by atoms with van der Waals surface area (Å²) in [4.78, 5) is 0. The number of halogens is 3. The molecule has 0 aliphatic carbocycles. The molecule has 0 fully saturated rings. The van der Waals surface area contributed by atoms with E-state index in [9.17, 15) is 9.28 Å². The first-order chi connectivity index (χ1) is 3.06. The molecule has 0 spiro atoms. The molecule has 0 unspecified atom stereocenters. The molecule has 0 amide bonds.